The zero-order valence-electron chi connectivity index (χ0n) is 40.9. The summed E-state index contributed by atoms with van der Waals surface area (Å²) in [5, 5.41) is 28.2. The van der Waals surface area contributed by atoms with Crippen molar-refractivity contribution in [3.05, 3.63) is 90.0 Å². The fourth-order valence-corrected chi connectivity index (χ4v) is 10.4. The molecule has 4 heterocycles. The number of likely N-dealkylation sites (tertiary alicyclic amines) is 1. The summed E-state index contributed by atoms with van der Waals surface area (Å²) >= 11 is 0. The monoisotopic (exact) mass is 932 g/mol. The maximum absolute atomic E-state index is 14.9. The van der Waals surface area contributed by atoms with Crippen molar-refractivity contribution in [3.63, 3.8) is 0 Å². The van der Waals surface area contributed by atoms with Gasteiger partial charge in [0.1, 0.15) is 29.7 Å². The predicted molar refractivity (Wildman–Crippen MR) is 262 cm³/mol. The van der Waals surface area contributed by atoms with E-state index in [1.54, 1.807) is 26.0 Å². The summed E-state index contributed by atoms with van der Waals surface area (Å²) in [5.41, 5.74) is 7.40. The van der Waals surface area contributed by atoms with Crippen LogP contribution in [0.4, 0.5) is 0 Å². The number of aromatic nitrogens is 1. The van der Waals surface area contributed by atoms with Crippen LogP contribution in [0.2, 0.25) is 0 Å². The molecule has 2 fully saturated rings. The number of phenolic OH excluding ortho intramolecular Hbond substituents is 1. The van der Waals surface area contributed by atoms with Gasteiger partial charge in [0.05, 0.1) is 25.5 Å². The number of hydrogen-bond acceptors (Lipinski definition) is 10. The number of ether oxygens (including phenoxy) is 1. The van der Waals surface area contributed by atoms with Crippen LogP contribution in [0.25, 0.3) is 33.3 Å². The minimum absolute atomic E-state index is 0.00121. The fourth-order valence-electron chi connectivity index (χ4n) is 10.4. The molecule has 1 unspecified atom stereocenters. The van der Waals surface area contributed by atoms with E-state index in [0.29, 0.717) is 37.0 Å². The van der Waals surface area contributed by atoms with E-state index in [1.807, 2.05) is 12.1 Å². The van der Waals surface area contributed by atoms with E-state index in [4.69, 9.17) is 4.74 Å². The third-order valence-electron chi connectivity index (χ3n) is 13.7. The highest BCUT2D eigenvalue weighted by atomic mass is 16.5. The summed E-state index contributed by atoms with van der Waals surface area (Å²) in [4.78, 5) is 73.6. The topological polar surface area (TPSA) is 177 Å². The lowest BCUT2D eigenvalue weighted by molar-refractivity contribution is -0.156. The van der Waals surface area contributed by atoms with Crippen LogP contribution < -0.4 is 10.7 Å². The Balaban J connectivity index is 1.30. The zero-order chi connectivity index (χ0) is 49.3. The molecule has 15 heteroatoms. The van der Waals surface area contributed by atoms with Gasteiger partial charge in [0.2, 0.25) is 11.8 Å². The summed E-state index contributed by atoms with van der Waals surface area (Å²) in [6.07, 6.45) is 3.39. The Labute approximate surface area is 400 Å². The van der Waals surface area contributed by atoms with Crippen LogP contribution in [0.1, 0.15) is 70.6 Å². The number of fused-ring (bicyclic) bond motifs is 6. The van der Waals surface area contributed by atoms with Crippen molar-refractivity contribution in [2.75, 3.05) is 54.0 Å². The van der Waals surface area contributed by atoms with Crippen molar-refractivity contribution in [2.24, 2.45) is 11.3 Å². The van der Waals surface area contributed by atoms with Gasteiger partial charge in [-0.25, -0.2) is 5.43 Å². The van der Waals surface area contributed by atoms with Crippen LogP contribution >= 0.6 is 0 Å². The molecule has 3 aliphatic heterocycles. The Kier molecular flexibility index (Phi) is 14.7. The summed E-state index contributed by atoms with van der Waals surface area (Å²) in [6.45, 7) is 15.5. The van der Waals surface area contributed by atoms with E-state index in [9.17, 15) is 34.2 Å². The number of aryl methyl sites for hydroxylation is 1. The number of phenols is 1. The molecule has 2 saturated heterocycles. The van der Waals surface area contributed by atoms with Gasteiger partial charge in [-0.15, -0.1) is 0 Å². The molecule has 364 valence electrons. The molecule has 0 saturated carbocycles. The normalized spacial score (nSPS) is 22.5. The number of hydrogen-bond donors (Lipinski definition) is 4. The largest absolute Gasteiger partial charge is 0.508 e. The van der Waals surface area contributed by atoms with Gasteiger partial charge in [0.25, 0.3) is 11.8 Å². The quantitative estimate of drug-likeness (QED) is 0.117. The number of hydrazine groups is 1. The number of benzene rings is 3. The Hall–Kier alpha value is -5.87. The minimum Gasteiger partial charge on any atom is -0.508 e. The molecule has 0 radical (unpaired) electrons. The summed E-state index contributed by atoms with van der Waals surface area (Å²) in [5.74, 6) is -2.79. The van der Waals surface area contributed by atoms with Gasteiger partial charge in [0, 0.05) is 57.0 Å². The van der Waals surface area contributed by atoms with Crippen LogP contribution in [0.15, 0.2) is 73.3 Å². The predicted octanol–water partition coefficient (Wildman–Crippen LogP) is 5.09. The molecular weight excluding hydrogens is 863 g/mol. The van der Waals surface area contributed by atoms with Gasteiger partial charge in [-0.2, -0.15) is 0 Å². The van der Waals surface area contributed by atoms with Gasteiger partial charge >= 0.3 is 0 Å². The molecule has 4 amide bonds. The Bertz CT molecular complexity index is 2570. The van der Waals surface area contributed by atoms with Gasteiger partial charge in [-0.05, 0) is 115 Å². The number of amides is 4. The van der Waals surface area contributed by atoms with Crippen molar-refractivity contribution in [1.82, 2.24) is 35.0 Å². The van der Waals surface area contributed by atoms with Crippen LogP contribution in [-0.2, 0) is 54.6 Å². The smallest absolute Gasteiger partial charge is 0.259 e. The Morgan fingerprint density at radius 1 is 0.985 bits per heavy atom. The Morgan fingerprint density at radius 2 is 1.71 bits per heavy atom. The average molecular weight is 932 g/mol. The number of carbonyl (C=O) groups is 5. The lowest BCUT2D eigenvalue weighted by Crippen LogP contribution is -2.66. The molecule has 4 atom stereocenters. The summed E-state index contributed by atoms with van der Waals surface area (Å²) < 4.78 is 8.84. The number of likely N-dealkylation sites (N-methyl/N-ethyl adjacent to an activating group) is 1. The summed E-state index contributed by atoms with van der Waals surface area (Å²) in [7, 11) is 5.55. The molecule has 0 aliphatic carbocycles. The van der Waals surface area contributed by atoms with Gasteiger partial charge < -0.3 is 44.3 Å². The van der Waals surface area contributed by atoms with E-state index in [0.717, 1.165) is 58.7 Å². The van der Waals surface area contributed by atoms with Gasteiger partial charge in [-0.3, -0.25) is 24.2 Å². The first-order valence-corrected chi connectivity index (χ1v) is 23.8. The number of β-amino-alcohol motifs (C(OH)–C–C–N with tert-alkyl or cyclic N) is 1. The van der Waals surface area contributed by atoms with E-state index in [1.165, 1.54) is 27.4 Å². The first-order valence-electron chi connectivity index (χ1n) is 23.8. The lowest BCUT2D eigenvalue weighted by Gasteiger charge is -2.42. The van der Waals surface area contributed by atoms with Crippen LogP contribution in [-0.4, -0.2) is 142 Å². The van der Waals surface area contributed by atoms with Crippen LogP contribution in [0.3, 0.4) is 0 Å². The number of aromatic hydroxyl groups is 1. The standard InChI is InChI=1S/C53H69N7O8/c1-10-45(63)58-22-20-53(67,30-58)50(66)57(9)46(34(3)4)48(64)54-43-25-36-23-39(26-40(62)24-36)38-17-18-44-41(27-38)42(47(59(44)11-2)37-15-13-35(14-16-37)29-56(7)8)28-51(5,6)32-68-33-52(31-61)19-12-21-60(55-52)49(43)65/h10,13-18,23-24,26-27,31,34,43,46,55,62,67H,1,11-12,19-22,25,28-30,32-33H2,2-9H3,(H,54,64)/t43-,46-,52?,53-/m0/s1. The van der Waals surface area contributed by atoms with Crippen molar-refractivity contribution >= 4 is 40.8 Å². The number of nitrogens with zero attached hydrogens (tertiary/aromatic N) is 5. The van der Waals surface area contributed by atoms with Crippen molar-refractivity contribution in [1.29, 1.82) is 0 Å². The van der Waals surface area contributed by atoms with Gasteiger partial charge in [0.15, 0.2) is 5.60 Å². The molecule has 3 aromatic carbocycles. The van der Waals surface area contributed by atoms with Crippen molar-refractivity contribution < 1.29 is 38.9 Å². The maximum atomic E-state index is 14.9. The molecule has 68 heavy (non-hydrogen) atoms. The molecule has 6 bridgehead atoms. The fraction of sp³-hybridized carbons (Fsp3) is 0.491. The van der Waals surface area contributed by atoms with E-state index >= 15 is 0 Å². The zero-order valence-corrected chi connectivity index (χ0v) is 40.9. The second-order valence-electron chi connectivity index (χ2n) is 20.6. The highest BCUT2D eigenvalue weighted by Crippen LogP contribution is 2.41. The van der Waals surface area contributed by atoms with E-state index in [-0.39, 0.29) is 44.8 Å². The highest BCUT2D eigenvalue weighted by molar-refractivity contribution is 5.97. The molecule has 15 nitrogen and oxygen atoms in total. The minimum atomic E-state index is -1.93. The first kappa shape index (κ1) is 50.0. The third kappa shape index (κ3) is 10.4. The van der Waals surface area contributed by atoms with Crippen molar-refractivity contribution in [3.8, 4) is 28.1 Å². The Morgan fingerprint density at radius 3 is 2.37 bits per heavy atom. The summed E-state index contributed by atoms with van der Waals surface area (Å²) in [6, 6.07) is 17.9. The van der Waals surface area contributed by atoms with Crippen LogP contribution in [0.5, 0.6) is 5.75 Å². The number of aliphatic hydroxyl groups is 1. The second kappa shape index (κ2) is 20.0. The molecule has 4 aromatic rings. The SMILES string of the molecule is C=CC(=O)N1CC[C@@](O)(C(=O)N(C)[C@H](C(=O)N[C@H]2Cc3cc(O)cc(c3)-c3ccc4c(c3)c(c(-c3ccc(CN(C)C)cc3)n4CC)CC(C)(C)COCC3(C=O)CCCN(N3)C2=O)C(C)C)C1. The second-order valence-corrected chi connectivity index (χ2v) is 20.6. The maximum Gasteiger partial charge on any atom is 0.259 e. The van der Waals surface area contributed by atoms with Crippen molar-refractivity contribution in [2.45, 2.75) is 103 Å². The number of rotatable bonds is 11. The molecular formula is C53H69N7O8. The molecule has 7 rings (SSSR count). The lowest BCUT2D eigenvalue weighted by atomic mass is 9.84. The molecule has 4 N–H and O–H groups in total. The first-order chi connectivity index (χ1) is 32.2. The van der Waals surface area contributed by atoms with Crippen LogP contribution in [0, 0.1) is 11.3 Å². The van der Waals surface area contributed by atoms with Gasteiger partial charge in [-0.1, -0.05) is 70.7 Å². The molecule has 0 spiro atoms. The number of nitrogens with one attached hydrogen (secondary N) is 2. The number of aldehydes is 1. The van der Waals surface area contributed by atoms with E-state index < -0.39 is 58.2 Å². The van der Waals surface area contributed by atoms with E-state index in [2.05, 4.69) is 98.1 Å². The molecule has 1 aromatic heterocycles. The number of carbonyl (C=O) groups excluding carboxylic acids is 5. The molecule has 3 aliphatic rings. The average Bonchev–Trinajstić information content (AvgIpc) is 3.85. The highest BCUT2D eigenvalue weighted by Gasteiger charge is 2.48. The third-order valence-corrected chi connectivity index (χ3v) is 13.7.